The molecule has 1 aliphatic carbocycles. The maximum Gasteiger partial charge on any atom is 0.333 e. The van der Waals surface area contributed by atoms with Crippen molar-refractivity contribution < 1.29 is 34.7 Å². The van der Waals surface area contributed by atoms with Gasteiger partial charge in [0.15, 0.2) is 0 Å². The molecule has 2 rings (SSSR count). The highest BCUT2D eigenvalue weighted by Crippen LogP contribution is 2.28. The maximum absolute atomic E-state index is 12.2. The van der Waals surface area contributed by atoms with Gasteiger partial charge in [-0.2, -0.15) is 16.8 Å². The van der Waals surface area contributed by atoms with Crippen molar-refractivity contribution in [2.75, 3.05) is 19.1 Å². The van der Waals surface area contributed by atoms with E-state index in [2.05, 4.69) is 5.32 Å². The van der Waals surface area contributed by atoms with E-state index in [-0.39, 0.29) is 18.6 Å². The van der Waals surface area contributed by atoms with Gasteiger partial charge in [-0.05, 0) is 12.5 Å². The van der Waals surface area contributed by atoms with Gasteiger partial charge in [0.25, 0.3) is 20.2 Å². The molecule has 1 aromatic carbocycles. The fourth-order valence-corrected chi connectivity index (χ4v) is 4.24. The lowest BCUT2D eigenvalue weighted by Gasteiger charge is -2.35. The molecule has 0 amide bonds. The molecule has 3 unspecified atom stereocenters. The number of hydrogen-bond acceptors (Lipinski definition) is 9. The fourth-order valence-electron chi connectivity index (χ4n) is 2.96. The molecule has 0 heterocycles. The molecule has 0 radical (unpaired) electrons. The summed E-state index contributed by atoms with van der Waals surface area (Å²) in [5, 5.41) is 3.10. The molecule has 0 bridgehead atoms. The second-order valence-electron chi connectivity index (χ2n) is 6.61. The van der Waals surface area contributed by atoms with E-state index in [0.717, 1.165) is 18.1 Å². The Morgan fingerprint density at radius 2 is 1.69 bits per heavy atom. The van der Waals surface area contributed by atoms with Crippen LogP contribution in [0.25, 0.3) is 0 Å². The Kier molecular flexibility index (Phi) is 7.94. The third-order valence-corrected chi connectivity index (χ3v) is 5.20. The number of carbonyl (C=O) groups is 1. The van der Waals surface area contributed by atoms with E-state index in [4.69, 9.17) is 13.1 Å². The van der Waals surface area contributed by atoms with Gasteiger partial charge in [0.2, 0.25) is 0 Å². The Balaban J connectivity index is 2.38. The normalized spacial score (nSPS) is 22.7. The number of rotatable bonds is 9. The van der Waals surface area contributed by atoms with E-state index >= 15 is 0 Å². The number of esters is 1. The number of nitrogens with one attached hydrogen (secondary N) is 1. The predicted octanol–water partition coefficient (Wildman–Crippen LogP) is 0.728. The molecule has 1 aliphatic rings. The standard InChI is InChI=1S/C18H25NO8S2/c1-4-25-18(20)14-10-15(19-12-13-8-6-5-7-9-13)17(27-29(3,23)24)16(11-14)26-28(2,21)22/h5-10,15-17,19H,4,11-12H2,1-3H3. The van der Waals surface area contributed by atoms with E-state index in [9.17, 15) is 21.6 Å². The highest BCUT2D eigenvalue weighted by Gasteiger charge is 2.41. The summed E-state index contributed by atoms with van der Waals surface area (Å²) in [6, 6.07) is 8.46. The minimum absolute atomic E-state index is 0.138. The van der Waals surface area contributed by atoms with Crippen LogP contribution in [0.5, 0.6) is 0 Å². The molecule has 11 heteroatoms. The monoisotopic (exact) mass is 447 g/mol. The Bertz CT molecular complexity index is 941. The summed E-state index contributed by atoms with van der Waals surface area (Å²) in [6.07, 6.45) is 0.621. The minimum atomic E-state index is -3.95. The molecular formula is C18H25NO8S2. The first-order valence-electron chi connectivity index (χ1n) is 8.90. The van der Waals surface area contributed by atoms with Crippen LogP contribution in [-0.4, -0.2) is 60.2 Å². The number of ether oxygens (including phenoxy) is 1. The number of benzene rings is 1. The molecule has 0 aromatic heterocycles. The Morgan fingerprint density at radius 1 is 1.07 bits per heavy atom. The molecule has 3 atom stereocenters. The second-order valence-corrected chi connectivity index (χ2v) is 9.81. The molecule has 0 saturated heterocycles. The van der Waals surface area contributed by atoms with Gasteiger partial charge >= 0.3 is 5.97 Å². The Morgan fingerprint density at radius 3 is 2.24 bits per heavy atom. The van der Waals surface area contributed by atoms with Gasteiger partial charge in [-0.25, -0.2) is 4.79 Å². The van der Waals surface area contributed by atoms with Crippen LogP contribution in [0, 0.1) is 0 Å². The third kappa shape index (κ3) is 7.86. The zero-order valence-electron chi connectivity index (χ0n) is 16.4. The van der Waals surface area contributed by atoms with Crippen molar-refractivity contribution in [1.82, 2.24) is 5.32 Å². The summed E-state index contributed by atoms with van der Waals surface area (Å²) in [5.41, 5.74) is 1.09. The topological polar surface area (TPSA) is 125 Å². The first kappa shape index (κ1) is 23.5. The summed E-state index contributed by atoms with van der Waals surface area (Å²) in [5.74, 6) is -0.626. The molecule has 0 saturated carbocycles. The minimum Gasteiger partial charge on any atom is -0.463 e. The Hall–Kier alpha value is -1.79. The van der Waals surface area contributed by atoms with Crippen LogP contribution in [0.1, 0.15) is 18.9 Å². The van der Waals surface area contributed by atoms with Crippen molar-refractivity contribution in [3.05, 3.63) is 47.5 Å². The molecule has 1 aromatic rings. The molecule has 29 heavy (non-hydrogen) atoms. The Labute approximate surface area is 171 Å². The van der Waals surface area contributed by atoms with Crippen molar-refractivity contribution in [1.29, 1.82) is 0 Å². The van der Waals surface area contributed by atoms with Crippen molar-refractivity contribution in [3.63, 3.8) is 0 Å². The third-order valence-electron chi connectivity index (χ3n) is 4.03. The van der Waals surface area contributed by atoms with Crippen LogP contribution < -0.4 is 5.32 Å². The summed E-state index contributed by atoms with van der Waals surface area (Å²) in [6.45, 7) is 2.11. The predicted molar refractivity (Wildman–Crippen MR) is 106 cm³/mol. The molecule has 0 fully saturated rings. The van der Waals surface area contributed by atoms with Gasteiger partial charge in [0, 0.05) is 18.5 Å². The van der Waals surface area contributed by atoms with Crippen molar-refractivity contribution in [3.8, 4) is 0 Å². The highest BCUT2D eigenvalue weighted by molar-refractivity contribution is 7.86. The zero-order valence-corrected chi connectivity index (χ0v) is 18.0. The molecule has 0 spiro atoms. The lowest BCUT2D eigenvalue weighted by Crippen LogP contribution is -2.52. The maximum atomic E-state index is 12.2. The van der Waals surface area contributed by atoms with Gasteiger partial charge < -0.3 is 10.1 Å². The van der Waals surface area contributed by atoms with Crippen LogP contribution in [0.2, 0.25) is 0 Å². The van der Waals surface area contributed by atoms with Crippen molar-refractivity contribution >= 4 is 26.2 Å². The first-order chi connectivity index (χ1) is 13.5. The summed E-state index contributed by atoms with van der Waals surface area (Å²) >= 11 is 0. The number of carbonyl (C=O) groups excluding carboxylic acids is 1. The van der Waals surface area contributed by atoms with E-state index < -0.39 is 44.5 Å². The average Bonchev–Trinajstić information content (AvgIpc) is 2.60. The van der Waals surface area contributed by atoms with Crippen molar-refractivity contribution in [2.24, 2.45) is 0 Å². The van der Waals surface area contributed by atoms with Gasteiger partial charge in [-0.15, -0.1) is 0 Å². The summed E-state index contributed by atoms with van der Waals surface area (Å²) < 4.78 is 62.2. The second kappa shape index (κ2) is 9.81. The first-order valence-corrected chi connectivity index (χ1v) is 12.5. The van der Waals surface area contributed by atoms with Gasteiger partial charge in [0.05, 0.1) is 25.2 Å². The number of hydrogen-bond donors (Lipinski definition) is 1. The molecule has 9 nitrogen and oxygen atoms in total. The molecular weight excluding hydrogens is 422 g/mol. The summed E-state index contributed by atoms with van der Waals surface area (Å²) in [4.78, 5) is 12.2. The highest BCUT2D eigenvalue weighted by atomic mass is 32.2. The van der Waals surface area contributed by atoms with Gasteiger partial charge in [-0.3, -0.25) is 8.37 Å². The van der Waals surface area contributed by atoms with E-state index in [1.807, 2.05) is 30.3 Å². The fraction of sp³-hybridized carbons (Fsp3) is 0.500. The van der Waals surface area contributed by atoms with Crippen molar-refractivity contribution in [2.45, 2.75) is 38.1 Å². The van der Waals surface area contributed by atoms with Crippen LogP contribution >= 0.6 is 0 Å². The van der Waals surface area contributed by atoms with E-state index in [0.29, 0.717) is 6.54 Å². The molecule has 1 N–H and O–H groups in total. The van der Waals surface area contributed by atoms with Crippen LogP contribution in [0.3, 0.4) is 0 Å². The van der Waals surface area contributed by atoms with Crippen LogP contribution in [-0.2, 0) is 44.7 Å². The zero-order chi connectivity index (χ0) is 21.7. The SMILES string of the molecule is CCOC(=O)C1=CC(NCc2ccccc2)C(OS(C)(=O)=O)C(OS(C)(=O)=O)C1. The van der Waals surface area contributed by atoms with Gasteiger partial charge in [0.1, 0.15) is 12.2 Å². The smallest absolute Gasteiger partial charge is 0.333 e. The molecule has 0 aliphatic heterocycles. The van der Waals surface area contributed by atoms with Crippen LogP contribution in [0.15, 0.2) is 42.0 Å². The van der Waals surface area contributed by atoms with Crippen LogP contribution in [0.4, 0.5) is 0 Å². The lowest BCUT2D eigenvalue weighted by molar-refractivity contribution is -0.139. The largest absolute Gasteiger partial charge is 0.463 e. The average molecular weight is 448 g/mol. The quantitative estimate of drug-likeness (QED) is 0.431. The molecule has 162 valence electrons. The lowest BCUT2D eigenvalue weighted by atomic mass is 9.90. The van der Waals surface area contributed by atoms with E-state index in [1.54, 1.807) is 6.92 Å². The summed E-state index contributed by atoms with van der Waals surface area (Å²) in [7, 11) is -7.88. The van der Waals surface area contributed by atoms with E-state index in [1.165, 1.54) is 6.08 Å². The van der Waals surface area contributed by atoms with Gasteiger partial charge in [-0.1, -0.05) is 36.4 Å².